The zero-order valence-corrected chi connectivity index (χ0v) is 13.3. The molecule has 0 aromatic heterocycles. The minimum atomic E-state index is 0.0500. The zero-order chi connectivity index (χ0) is 15.1. The number of thioether (sulfide) groups is 1. The SMILES string of the molecule is CCSc1ccc(C(=O)C=Cc2ccccc2CC)cc1. The number of aryl methyl sites for hydroxylation is 1. The van der Waals surface area contributed by atoms with Gasteiger partial charge in [0.2, 0.25) is 0 Å². The summed E-state index contributed by atoms with van der Waals surface area (Å²) in [5.74, 6) is 1.09. The summed E-state index contributed by atoms with van der Waals surface area (Å²) in [4.78, 5) is 13.4. The number of benzene rings is 2. The molecule has 0 fully saturated rings. The van der Waals surface area contributed by atoms with Gasteiger partial charge in [0.05, 0.1) is 0 Å². The Balaban J connectivity index is 2.11. The van der Waals surface area contributed by atoms with Crippen molar-refractivity contribution in [1.82, 2.24) is 0 Å². The van der Waals surface area contributed by atoms with Gasteiger partial charge in [-0.2, -0.15) is 0 Å². The van der Waals surface area contributed by atoms with E-state index >= 15 is 0 Å². The van der Waals surface area contributed by atoms with Crippen molar-refractivity contribution in [2.24, 2.45) is 0 Å². The van der Waals surface area contributed by atoms with Crippen LogP contribution in [0.25, 0.3) is 6.08 Å². The highest BCUT2D eigenvalue weighted by atomic mass is 32.2. The highest BCUT2D eigenvalue weighted by molar-refractivity contribution is 7.99. The highest BCUT2D eigenvalue weighted by Gasteiger charge is 2.02. The van der Waals surface area contributed by atoms with E-state index in [-0.39, 0.29) is 5.78 Å². The van der Waals surface area contributed by atoms with Crippen LogP contribution in [0, 0.1) is 0 Å². The van der Waals surface area contributed by atoms with Gasteiger partial charge in [-0.1, -0.05) is 44.2 Å². The molecule has 0 radical (unpaired) electrons. The van der Waals surface area contributed by atoms with E-state index in [9.17, 15) is 4.79 Å². The molecule has 0 spiro atoms. The number of carbonyl (C=O) groups excluding carboxylic acids is 1. The number of rotatable bonds is 6. The molecular formula is C19H20OS. The predicted octanol–water partition coefficient (Wildman–Crippen LogP) is 5.26. The Morgan fingerprint density at radius 2 is 1.76 bits per heavy atom. The van der Waals surface area contributed by atoms with E-state index in [1.165, 1.54) is 10.5 Å². The molecule has 108 valence electrons. The van der Waals surface area contributed by atoms with Gasteiger partial charge in [0, 0.05) is 10.5 Å². The van der Waals surface area contributed by atoms with E-state index in [2.05, 4.69) is 19.9 Å². The molecule has 0 unspecified atom stereocenters. The minimum Gasteiger partial charge on any atom is -0.289 e. The first kappa shape index (κ1) is 15.6. The summed E-state index contributed by atoms with van der Waals surface area (Å²) in [5.41, 5.74) is 3.11. The second-order valence-corrected chi connectivity index (χ2v) is 6.04. The summed E-state index contributed by atoms with van der Waals surface area (Å²) >= 11 is 1.78. The number of hydrogen-bond acceptors (Lipinski definition) is 2. The molecule has 0 aliphatic rings. The normalized spacial score (nSPS) is 11.0. The Bertz CT molecular complexity index is 626. The largest absolute Gasteiger partial charge is 0.289 e. The first-order chi connectivity index (χ1) is 10.2. The topological polar surface area (TPSA) is 17.1 Å². The average Bonchev–Trinajstić information content (AvgIpc) is 2.54. The fourth-order valence-corrected chi connectivity index (χ4v) is 2.82. The Kier molecular flexibility index (Phi) is 5.82. The molecule has 0 bridgehead atoms. The second kappa shape index (κ2) is 7.84. The highest BCUT2D eigenvalue weighted by Crippen LogP contribution is 2.18. The van der Waals surface area contributed by atoms with Crippen molar-refractivity contribution in [3.8, 4) is 0 Å². The Morgan fingerprint density at radius 1 is 1.05 bits per heavy atom. The van der Waals surface area contributed by atoms with E-state index in [0.29, 0.717) is 0 Å². The van der Waals surface area contributed by atoms with Crippen LogP contribution in [0.5, 0.6) is 0 Å². The van der Waals surface area contributed by atoms with E-state index in [4.69, 9.17) is 0 Å². The molecule has 0 amide bonds. The smallest absolute Gasteiger partial charge is 0.185 e. The maximum Gasteiger partial charge on any atom is 0.185 e. The molecule has 2 rings (SSSR count). The fourth-order valence-electron chi connectivity index (χ4n) is 2.16. The van der Waals surface area contributed by atoms with Gasteiger partial charge in [-0.3, -0.25) is 4.79 Å². The van der Waals surface area contributed by atoms with Crippen LogP contribution in [0.15, 0.2) is 59.5 Å². The van der Waals surface area contributed by atoms with Crippen molar-refractivity contribution >= 4 is 23.6 Å². The second-order valence-electron chi connectivity index (χ2n) is 4.71. The molecule has 1 nitrogen and oxygen atoms in total. The summed E-state index contributed by atoms with van der Waals surface area (Å²) in [7, 11) is 0. The molecular weight excluding hydrogens is 276 g/mol. The molecule has 0 aliphatic carbocycles. The average molecular weight is 296 g/mol. The Morgan fingerprint density at radius 3 is 2.43 bits per heavy atom. The third-order valence-corrected chi connectivity index (χ3v) is 4.19. The van der Waals surface area contributed by atoms with Crippen molar-refractivity contribution in [3.05, 3.63) is 71.3 Å². The maximum absolute atomic E-state index is 12.2. The van der Waals surface area contributed by atoms with Crippen LogP contribution >= 0.6 is 11.8 Å². The van der Waals surface area contributed by atoms with Gasteiger partial charge in [0.25, 0.3) is 0 Å². The van der Waals surface area contributed by atoms with Crippen LogP contribution in [-0.2, 0) is 6.42 Å². The van der Waals surface area contributed by atoms with Gasteiger partial charge < -0.3 is 0 Å². The van der Waals surface area contributed by atoms with Gasteiger partial charge in [-0.15, -0.1) is 11.8 Å². The van der Waals surface area contributed by atoms with Gasteiger partial charge in [-0.25, -0.2) is 0 Å². The Hall–Kier alpha value is -1.80. The zero-order valence-electron chi connectivity index (χ0n) is 12.5. The van der Waals surface area contributed by atoms with Crippen molar-refractivity contribution in [2.45, 2.75) is 25.2 Å². The lowest BCUT2D eigenvalue weighted by Gasteiger charge is -2.02. The number of allylic oxidation sites excluding steroid dienone is 1. The van der Waals surface area contributed by atoms with Crippen LogP contribution in [0.1, 0.15) is 35.3 Å². The molecule has 2 aromatic carbocycles. The van der Waals surface area contributed by atoms with Crippen LogP contribution in [0.2, 0.25) is 0 Å². The molecule has 2 aromatic rings. The maximum atomic E-state index is 12.2. The summed E-state index contributed by atoms with van der Waals surface area (Å²) in [6, 6.07) is 16.0. The number of hydrogen-bond donors (Lipinski definition) is 0. The van der Waals surface area contributed by atoms with Gasteiger partial charge in [0.15, 0.2) is 5.78 Å². The molecule has 0 heterocycles. The summed E-state index contributed by atoms with van der Waals surface area (Å²) < 4.78 is 0. The molecule has 0 N–H and O–H groups in total. The molecule has 2 heteroatoms. The molecule has 0 aliphatic heterocycles. The van der Waals surface area contributed by atoms with Crippen molar-refractivity contribution in [2.75, 3.05) is 5.75 Å². The van der Waals surface area contributed by atoms with E-state index in [1.807, 2.05) is 48.5 Å². The van der Waals surface area contributed by atoms with Gasteiger partial charge in [0.1, 0.15) is 0 Å². The standard InChI is InChI=1S/C19H20OS/c1-3-15-7-5-6-8-16(15)11-14-19(20)17-9-12-18(13-10-17)21-4-2/h5-14H,3-4H2,1-2H3. The molecule has 0 saturated heterocycles. The van der Waals surface area contributed by atoms with Crippen LogP contribution in [0.3, 0.4) is 0 Å². The van der Waals surface area contributed by atoms with E-state index in [1.54, 1.807) is 17.8 Å². The van der Waals surface area contributed by atoms with E-state index in [0.717, 1.165) is 23.3 Å². The van der Waals surface area contributed by atoms with Crippen LogP contribution in [-0.4, -0.2) is 11.5 Å². The number of ketones is 1. The lowest BCUT2D eigenvalue weighted by Crippen LogP contribution is -1.94. The summed E-state index contributed by atoms with van der Waals surface area (Å²) in [5, 5.41) is 0. The molecule has 21 heavy (non-hydrogen) atoms. The monoisotopic (exact) mass is 296 g/mol. The predicted molar refractivity (Wildman–Crippen MR) is 92.0 cm³/mol. The van der Waals surface area contributed by atoms with Crippen molar-refractivity contribution < 1.29 is 4.79 Å². The quantitative estimate of drug-likeness (QED) is 0.411. The summed E-state index contributed by atoms with van der Waals surface area (Å²) in [6.45, 7) is 4.25. The first-order valence-corrected chi connectivity index (χ1v) is 8.26. The lowest BCUT2D eigenvalue weighted by atomic mass is 10.0. The summed E-state index contributed by atoms with van der Waals surface area (Å²) in [6.07, 6.45) is 4.55. The van der Waals surface area contributed by atoms with Crippen LogP contribution in [0.4, 0.5) is 0 Å². The Labute approximate surface area is 131 Å². The van der Waals surface area contributed by atoms with Crippen LogP contribution < -0.4 is 0 Å². The van der Waals surface area contributed by atoms with Crippen molar-refractivity contribution in [1.29, 1.82) is 0 Å². The third-order valence-electron chi connectivity index (χ3n) is 3.30. The molecule has 0 atom stereocenters. The van der Waals surface area contributed by atoms with E-state index < -0.39 is 0 Å². The van der Waals surface area contributed by atoms with Crippen molar-refractivity contribution in [3.63, 3.8) is 0 Å². The van der Waals surface area contributed by atoms with Gasteiger partial charge >= 0.3 is 0 Å². The fraction of sp³-hybridized carbons (Fsp3) is 0.211. The minimum absolute atomic E-state index is 0.0500. The third kappa shape index (κ3) is 4.33. The van der Waals surface area contributed by atoms with Gasteiger partial charge in [-0.05, 0) is 53.6 Å². The molecule has 0 saturated carbocycles. The first-order valence-electron chi connectivity index (χ1n) is 7.27. The lowest BCUT2D eigenvalue weighted by molar-refractivity contribution is 0.104. The number of carbonyl (C=O) groups is 1.